The Hall–Kier alpha value is -1.89. The normalized spacial score (nSPS) is 20.5. The van der Waals surface area contributed by atoms with Crippen LogP contribution in [0.25, 0.3) is 0 Å². The minimum absolute atomic E-state index is 0.114. The molecule has 1 spiro atoms. The first-order chi connectivity index (χ1) is 10.1. The van der Waals surface area contributed by atoms with Crippen molar-refractivity contribution in [2.24, 2.45) is 0 Å². The molecular formula is C14H17N3O3S. The van der Waals surface area contributed by atoms with Crippen LogP contribution in [0.5, 0.6) is 0 Å². The lowest BCUT2D eigenvalue weighted by Gasteiger charge is -2.37. The molecule has 2 N–H and O–H groups in total. The number of nitrogens with zero attached hydrogens (tertiary/aromatic N) is 1. The van der Waals surface area contributed by atoms with E-state index in [0.29, 0.717) is 32.4 Å². The Morgan fingerprint density at radius 1 is 1.33 bits per heavy atom. The van der Waals surface area contributed by atoms with Crippen LogP contribution >= 0.6 is 11.3 Å². The first-order valence-electron chi connectivity index (χ1n) is 7.03. The molecule has 0 saturated carbocycles. The van der Waals surface area contributed by atoms with Gasteiger partial charge in [-0.25, -0.2) is 4.79 Å². The predicted octanol–water partition coefficient (Wildman–Crippen LogP) is 0.881. The molecule has 3 rings (SSSR count). The fourth-order valence-corrected chi connectivity index (χ4v) is 3.57. The summed E-state index contributed by atoms with van der Waals surface area (Å²) in [5.41, 5.74) is -0.804. The summed E-state index contributed by atoms with van der Waals surface area (Å²) >= 11 is 1.66. The summed E-state index contributed by atoms with van der Waals surface area (Å²) in [5.74, 6) is -0.152. The molecule has 112 valence electrons. The van der Waals surface area contributed by atoms with Crippen LogP contribution in [0.4, 0.5) is 4.79 Å². The number of thiophene rings is 1. The summed E-state index contributed by atoms with van der Waals surface area (Å²) < 4.78 is 0. The lowest BCUT2D eigenvalue weighted by Crippen LogP contribution is -2.55. The molecule has 2 saturated heterocycles. The van der Waals surface area contributed by atoms with Crippen molar-refractivity contribution in [3.63, 3.8) is 0 Å². The maximum Gasteiger partial charge on any atom is 0.322 e. The second-order valence-corrected chi connectivity index (χ2v) is 6.48. The van der Waals surface area contributed by atoms with Gasteiger partial charge in [0.2, 0.25) is 5.91 Å². The molecule has 2 aliphatic heterocycles. The number of aryl methyl sites for hydroxylation is 1. The smallest absolute Gasteiger partial charge is 0.322 e. The van der Waals surface area contributed by atoms with Gasteiger partial charge in [-0.05, 0) is 30.7 Å². The second-order valence-electron chi connectivity index (χ2n) is 5.45. The number of amides is 4. The largest absolute Gasteiger partial charge is 0.342 e. The Morgan fingerprint density at radius 3 is 2.67 bits per heavy atom. The number of nitrogens with one attached hydrogen (secondary N) is 2. The monoisotopic (exact) mass is 307 g/mol. The number of piperidine rings is 1. The number of carbonyl (C=O) groups is 3. The number of likely N-dealkylation sites (tertiary alicyclic amines) is 1. The topological polar surface area (TPSA) is 78.5 Å². The van der Waals surface area contributed by atoms with Crippen molar-refractivity contribution in [1.29, 1.82) is 0 Å². The van der Waals surface area contributed by atoms with Gasteiger partial charge in [0.25, 0.3) is 5.91 Å². The van der Waals surface area contributed by atoms with Crippen LogP contribution in [0, 0.1) is 0 Å². The Labute approximate surface area is 126 Å². The van der Waals surface area contributed by atoms with Crippen LogP contribution < -0.4 is 10.6 Å². The zero-order valence-corrected chi connectivity index (χ0v) is 12.4. The highest BCUT2D eigenvalue weighted by atomic mass is 32.1. The molecule has 3 heterocycles. The molecule has 0 aromatic carbocycles. The van der Waals surface area contributed by atoms with E-state index < -0.39 is 11.6 Å². The maximum absolute atomic E-state index is 12.2. The zero-order valence-electron chi connectivity index (χ0n) is 11.6. The van der Waals surface area contributed by atoms with Crippen molar-refractivity contribution in [1.82, 2.24) is 15.5 Å². The van der Waals surface area contributed by atoms with E-state index in [-0.39, 0.29) is 11.8 Å². The van der Waals surface area contributed by atoms with Crippen molar-refractivity contribution < 1.29 is 14.4 Å². The summed E-state index contributed by atoms with van der Waals surface area (Å²) in [7, 11) is 0. The Bertz CT molecular complexity index is 562. The molecule has 7 heteroatoms. The van der Waals surface area contributed by atoms with E-state index in [2.05, 4.69) is 10.6 Å². The van der Waals surface area contributed by atoms with Crippen molar-refractivity contribution in [3.8, 4) is 0 Å². The summed E-state index contributed by atoms with van der Waals surface area (Å²) in [6.07, 6.45) is 2.21. The summed E-state index contributed by atoms with van der Waals surface area (Å²) in [4.78, 5) is 38.3. The van der Waals surface area contributed by atoms with Crippen LogP contribution in [0.2, 0.25) is 0 Å². The van der Waals surface area contributed by atoms with Crippen LogP contribution in [0.3, 0.4) is 0 Å². The standard InChI is InChI=1S/C14H17N3O3S/c18-11(4-3-10-2-1-9-21-10)17-7-5-14(6-8-17)12(19)15-13(20)16-14/h1-2,9H,3-8H2,(H2,15,16,19,20). The third-order valence-corrected chi connectivity index (χ3v) is 5.09. The Morgan fingerprint density at radius 2 is 2.10 bits per heavy atom. The van der Waals surface area contributed by atoms with E-state index in [1.807, 2.05) is 17.5 Å². The van der Waals surface area contributed by atoms with E-state index in [4.69, 9.17) is 0 Å². The number of urea groups is 1. The lowest BCUT2D eigenvalue weighted by atomic mass is 9.87. The van der Waals surface area contributed by atoms with E-state index in [1.165, 1.54) is 4.88 Å². The molecule has 0 unspecified atom stereocenters. The molecule has 0 atom stereocenters. The fourth-order valence-electron chi connectivity index (χ4n) is 2.86. The Kier molecular flexibility index (Phi) is 3.67. The van der Waals surface area contributed by atoms with Gasteiger partial charge >= 0.3 is 6.03 Å². The highest BCUT2D eigenvalue weighted by Crippen LogP contribution is 2.26. The van der Waals surface area contributed by atoms with Crippen molar-refractivity contribution in [2.75, 3.05) is 13.1 Å². The quantitative estimate of drug-likeness (QED) is 0.814. The van der Waals surface area contributed by atoms with Gasteiger partial charge in [0, 0.05) is 24.4 Å². The number of hydrogen-bond donors (Lipinski definition) is 2. The highest BCUT2D eigenvalue weighted by Gasteiger charge is 2.48. The summed E-state index contributed by atoms with van der Waals surface area (Å²) in [6, 6.07) is 3.58. The zero-order chi connectivity index (χ0) is 14.9. The van der Waals surface area contributed by atoms with Gasteiger partial charge < -0.3 is 10.2 Å². The molecular weight excluding hydrogens is 290 g/mol. The van der Waals surface area contributed by atoms with Gasteiger partial charge in [0.1, 0.15) is 5.54 Å². The molecule has 1 aromatic heterocycles. The maximum atomic E-state index is 12.2. The molecule has 0 radical (unpaired) electrons. The van der Waals surface area contributed by atoms with Crippen molar-refractivity contribution in [2.45, 2.75) is 31.2 Å². The highest BCUT2D eigenvalue weighted by molar-refractivity contribution is 7.09. The predicted molar refractivity (Wildman–Crippen MR) is 77.9 cm³/mol. The first-order valence-corrected chi connectivity index (χ1v) is 7.91. The van der Waals surface area contributed by atoms with Crippen LogP contribution in [-0.4, -0.2) is 41.4 Å². The minimum Gasteiger partial charge on any atom is -0.342 e. The fraction of sp³-hybridized carbons (Fsp3) is 0.500. The average molecular weight is 307 g/mol. The lowest BCUT2D eigenvalue weighted by molar-refractivity contribution is -0.135. The van der Waals surface area contributed by atoms with Gasteiger partial charge in [0.05, 0.1) is 0 Å². The van der Waals surface area contributed by atoms with Gasteiger partial charge in [-0.2, -0.15) is 0 Å². The first kappa shape index (κ1) is 14.1. The van der Waals surface area contributed by atoms with E-state index >= 15 is 0 Å². The second kappa shape index (κ2) is 5.48. The average Bonchev–Trinajstić information content (AvgIpc) is 3.06. The van der Waals surface area contributed by atoms with Crippen LogP contribution in [0.15, 0.2) is 17.5 Å². The number of carbonyl (C=O) groups excluding carboxylic acids is 3. The number of hydrogen-bond acceptors (Lipinski definition) is 4. The minimum atomic E-state index is -0.804. The van der Waals surface area contributed by atoms with Gasteiger partial charge in [-0.15, -0.1) is 11.3 Å². The molecule has 2 aliphatic rings. The third kappa shape index (κ3) is 2.78. The summed E-state index contributed by atoms with van der Waals surface area (Å²) in [5, 5.41) is 6.98. The molecule has 0 aliphatic carbocycles. The third-order valence-electron chi connectivity index (χ3n) is 4.15. The molecule has 6 nitrogen and oxygen atoms in total. The number of rotatable bonds is 3. The van der Waals surface area contributed by atoms with Crippen molar-refractivity contribution >= 4 is 29.2 Å². The van der Waals surface area contributed by atoms with E-state index in [0.717, 1.165) is 6.42 Å². The Balaban J connectivity index is 1.52. The van der Waals surface area contributed by atoms with Crippen LogP contribution in [-0.2, 0) is 16.0 Å². The molecule has 1 aromatic rings. The molecule has 21 heavy (non-hydrogen) atoms. The molecule has 4 amide bonds. The van der Waals surface area contributed by atoms with Gasteiger partial charge in [-0.1, -0.05) is 6.07 Å². The number of imide groups is 1. The van der Waals surface area contributed by atoms with Crippen LogP contribution in [0.1, 0.15) is 24.1 Å². The molecule has 0 bridgehead atoms. The van der Waals surface area contributed by atoms with E-state index in [1.54, 1.807) is 16.2 Å². The SMILES string of the molecule is O=C1NC(=O)C2(CCN(C(=O)CCc3cccs3)CC2)N1. The molecule has 2 fully saturated rings. The summed E-state index contributed by atoms with van der Waals surface area (Å²) in [6.45, 7) is 1.02. The van der Waals surface area contributed by atoms with Gasteiger partial charge in [-0.3, -0.25) is 14.9 Å². The van der Waals surface area contributed by atoms with Crippen molar-refractivity contribution in [3.05, 3.63) is 22.4 Å². The van der Waals surface area contributed by atoms with Gasteiger partial charge in [0.15, 0.2) is 0 Å². The van der Waals surface area contributed by atoms with E-state index in [9.17, 15) is 14.4 Å².